The van der Waals surface area contributed by atoms with E-state index in [9.17, 15) is 0 Å². The Morgan fingerprint density at radius 2 is 1.36 bits per heavy atom. The van der Waals surface area contributed by atoms with Gasteiger partial charge in [0.1, 0.15) is 0 Å². The van der Waals surface area contributed by atoms with Gasteiger partial charge in [-0.3, -0.25) is 0 Å². The van der Waals surface area contributed by atoms with E-state index < -0.39 is 0 Å². The molecular weight excluding hydrogens is 306 g/mol. The van der Waals surface area contributed by atoms with Crippen molar-refractivity contribution in [1.82, 2.24) is 9.97 Å². The third-order valence-corrected chi connectivity index (χ3v) is 4.26. The fourth-order valence-corrected chi connectivity index (χ4v) is 2.76. The fourth-order valence-electron chi connectivity index (χ4n) is 2.76. The maximum Gasteiger partial charge on any atom is 0.159 e. The molecule has 0 saturated carbocycles. The second kappa shape index (κ2) is 8.21. The summed E-state index contributed by atoms with van der Waals surface area (Å²) in [5.74, 6) is 0.755. The molecule has 0 fully saturated rings. The van der Waals surface area contributed by atoms with Crippen LogP contribution in [0.2, 0.25) is 0 Å². The van der Waals surface area contributed by atoms with Gasteiger partial charge in [0.05, 0.1) is 11.6 Å². The summed E-state index contributed by atoms with van der Waals surface area (Å²) < 4.78 is 0. The number of hydrogen-bond donors (Lipinski definition) is 0. The molecule has 1 heterocycles. The highest BCUT2D eigenvalue weighted by molar-refractivity contribution is 5.68. The molecule has 0 atom stereocenters. The molecule has 0 unspecified atom stereocenters. The van der Waals surface area contributed by atoms with Crippen LogP contribution in [0.15, 0.2) is 60.9 Å². The highest BCUT2D eigenvalue weighted by atomic mass is 14.9. The first kappa shape index (κ1) is 16.9. The van der Waals surface area contributed by atoms with E-state index in [2.05, 4.69) is 35.1 Å². The largest absolute Gasteiger partial charge is 0.236 e. The summed E-state index contributed by atoms with van der Waals surface area (Å²) >= 11 is 0. The summed E-state index contributed by atoms with van der Waals surface area (Å²) in [7, 11) is 0. The lowest BCUT2D eigenvalue weighted by molar-refractivity contribution is 0.714. The van der Waals surface area contributed by atoms with Gasteiger partial charge in [-0.15, -0.1) is 0 Å². The molecule has 0 spiro atoms. The van der Waals surface area contributed by atoms with Crippen molar-refractivity contribution >= 4 is 0 Å². The molecule has 2 aromatic carbocycles. The summed E-state index contributed by atoms with van der Waals surface area (Å²) in [5, 5.41) is 8.88. The van der Waals surface area contributed by atoms with Crippen LogP contribution < -0.4 is 0 Å². The first-order valence-corrected chi connectivity index (χ1v) is 8.72. The third kappa shape index (κ3) is 4.30. The fraction of sp³-hybridized carbons (Fsp3) is 0.227. The smallest absolute Gasteiger partial charge is 0.159 e. The lowest BCUT2D eigenvalue weighted by atomic mass is 10.0. The van der Waals surface area contributed by atoms with E-state index in [0.717, 1.165) is 28.9 Å². The van der Waals surface area contributed by atoms with Gasteiger partial charge >= 0.3 is 0 Å². The molecule has 124 valence electrons. The van der Waals surface area contributed by atoms with Crippen molar-refractivity contribution in [1.29, 1.82) is 5.26 Å². The molecular formula is C22H21N3. The molecule has 0 bridgehead atoms. The topological polar surface area (TPSA) is 49.6 Å². The molecule has 0 amide bonds. The molecule has 3 rings (SSSR count). The Bertz CT molecular complexity index is 842. The normalized spacial score (nSPS) is 10.4. The van der Waals surface area contributed by atoms with E-state index in [4.69, 9.17) is 5.26 Å². The zero-order chi connectivity index (χ0) is 17.5. The van der Waals surface area contributed by atoms with Gasteiger partial charge in [0.25, 0.3) is 0 Å². The third-order valence-electron chi connectivity index (χ3n) is 4.26. The van der Waals surface area contributed by atoms with Crippen molar-refractivity contribution < 1.29 is 0 Å². The number of benzene rings is 2. The van der Waals surface area contributed by atoms with Crippen LogP contribution in [0, 0.1) is 11.3 Å². The minimum atomic E-state index is 0.674. The van der Waals surface area contributed by atoms with Gasteiger partial charge < -0.3 is 0 Å². The molecule has 3 nitrogen and oxygen atoms in total. The maximum absolute atomic E-state index is 8.88. The standard InChI is InChI=1S/C22H21N3/c1-2-3-4-5-18-15-24-22(25-16-18)21-12-10-20(11-13-21)19-8-6-17(14-23)7-9-19/h6-13,15-16H,2-5H2,1H3. The monoisotopic (exact) mass is 327 g/mol. The van der Waals surface area contributed by atoms with Crippen molar-refractivity contribution in [3.8, 4) is 28.6 Å². The van der Waals surface area contributed by atoms with Gasteiger partial charge in [-0.05, 0) is 41.7 Å². The molecule has 3 aromatic rings. The molecule has 0 saturated heterocycles. The quantitative estimate of drug-likeness (QED) is 0.568. The lowest BCUT2D eigenvalue weighted by Gasteiger charge is -2.05. The lowest BCUT2D eigenvalue weighted by Crippen LogP contribution is -1.93. The van der Waals surface area contributed by atoms with Crippen LogP contribution in [0.1, 0.15) is 37.3 Å². The first-order chi connectivity index (χ1) is 12.3. The average molecular weight is 327 g/mol. The molecule has 0 aliphatic heterocycles. The zero-order valence-electron chi connectivity index (χ0n) is 14.4. The van der Waals surface area contributed by atoms with E-state index in [0.29, 0.717) is 5.56 Å². The summed E-state index contributed by atoms with van der Waals surface area (Å²) in [6.45, 7) is 2.21. The number of unbranched alkanes of at least 4 members (excludes halogenated alkanes) is 2. The molecule has 0 aliphatic carbocycles. The molecule has 0 radical (unpaired) electrons. The van der Waals surface area contributed by atoms with Crippen LogP contribution in [0.4, 0.5) is 0 Å². The number of rotatable bonds is 6. The number of hydrogen-bond acceptors (Lipinski definition) is 3. The average Bonchev–Trinajstić information content (AvgIpc) is 2.69. The minimum absolute atomic E-state index is 0.674. The van der Waals surface area contributed by atoms with Crippen LogP contribution in [0.3, 0.4) is 0 Å². The van der Waals surface area contributed by atoms with Gasteiger partial charge in [0.15, 0.2) is 5.82 Å². The molecule has 0 N–H and O–H groups in total. The van der Waals surface area contributed by atoms with E-state index in [1.807, 2.05) is 48.8 Å². The molecule has 25 heavy (non-hydrogen) atoms. The van der Waals surface area contributed by atoms with Crippen LogP contribution in [0.5, 0.6) is 0 Å². The molecule has 1 aromatic heterocycles. The number of aryl methyl sites for hydroxylation is 1. The van der Waals surface area contributed by atoms with Crippen molar-refractivity contribution in [3.05, 3.63) is 72.1 Å². The summed E-state index contributed by atoms with van der Waals surface area (Å²) in [6, 6.07) is 18.0. The SMILES string of the molecule is CCCCCc1cnc(-c2ccc(-c3ccc(C#N)cc3)cc2)nc1. The van der Waals surface area contributed by atoms with Crippen molar-refractivity contribution in [2.24, 2.45) is 0 Å². The Morgan fingerprint density at radius 3 is 1.92 bits per heavy atom. The Labute approximate surface area is 149 Å². The van der Waals surface area contributed by atoms with Gasteiger partial charge in [-0.25, -0.2) is 9.97 Å². The predicted octanol–water partition coefficient (Wildman–Crippen LogP) is 5.41. The van der Waals surface area contributed by atoms with Crippen LogP contribution in [-0.2, 0) is 6.42 Å². The van der Waals surface area contributed by atoms with Crippen LogP contribution in [0.25, 0.3) is 22.5 Å². The Morgan fingerprint density at radius 1 is 0.800 bits per heavy atom. The highest BCUT2D eigenvalue weighted by Crippen LogP contribution is 2.23. The summed E-state index contributed by atoms with van der Waals surface area (Å²) in [6.07, 6.45) is 8.59. The summed E-state index contributed by atoms with van der Waals surface area (Å²) in [4.78, 5) is 9.01. The zero-order valence-corrected chi connectivity index (χ0v) is 14.4. The minimum Gasteiger partial charge on any atom is -0.236 e. The van der Waals surface area contributed by atoms with Gasteiger partial charge in [0.2, 0.25) is 0 Å². The molecule has 0 aliphatic rings. The van der Waals surface area contributed by atoms with Crippen LogP contribution in [-0.4, -0.2) is 9.97 Å². The van der Waals surface area contributed by atoms with E-state index in [-0.39, 0.29) is 0 Å². The second-order valence-corrected chi connectivity index (χ2v) is 6.14. The number of nitriles is 1. The second-order valence-electron chi connectivity index (χ2n) is 6.14. The van der Waals surface area contributed by atoms with Crippen molar-refractivity contribution in [2.75, 3.05) is 0 Å². The predicted molar refractivity (Wildman–Crippen MR) is 101 cm³/mol. The van der Waals surface area contributed by atoms with Gasteiger partial charge in [-0.2, -0.15) is 5.26 Å². The Kier molecular flexibility index (Phi) is 5.53. The summed E-state index contributed by atoms with van der Waals surface area (Å²) in [5.41, 5.74) is 5.10. The molecule has 3 heteroatoms. The Balaban J connectivity index is 1.72. The van der Waals surface area contributed by atoms with Crippen LogP contribution >= 0.6 is 0 Å². The maximum atomic E-state index is 8.88. The number of aromatic nitrogens is 2. The van der Waals surface area contributed by atoms with E-state index >= 15 is 0 Å². The van der Waals surface area contributed by atoms with E-state index in [1.54, 1.807) is 0 Å². The highest BCUT2D eigenvalue weighted by Gasteiger charge is 2.03. The van der Waals surface area contributed by atoms with Crippen molar-refractivity contribution in [3.63, 3.8) is 0 Å². The van der Waals surface area contributed by atoms with Gasteiger partial charge in [-0.1, -0.05) is 56.2 Å². The number of nitrogens with zero attached hydrogens (tertiary/aromatic N) is 3. The Hall–Kier alpha value is -2.99. The van der Waals surface area contributed by atoms with E-state index in [1.165, 1.54) is 24.8 Å². The van der Waals surface area contributed by atoms with Gasteiger partial charge in [0, 0.05) is 18.0 Å². The van der Waals surface area contributed by atoms with Crippen molar-refractivity contribution in [2.45, 2.75) is 32.6 Å². The first-order valence-electron chi connectivity index (χ1n) is 8.72.